The maximum Gasteiger partial charge on any atom is 0.248 e. The molecule has 0 saturated heterocycles. The van der Waals surface area contributed by atoms with Crippen molar-refractivity contribution in [1.82, 2.24) is 20.2 Å². The molecule has 0 saturated carbocycles. The van der Waals surface area contributed by atoms with Crippen LogP contribution < -0.4 is 10.6 Å². The predicted molar refractivity (Wildman–Crippen MR) is 73.0 cm³/mol. The van der Waals surface area contributed by atoms with Crippen LogP contribution in [-0.2, 0) is 11.3 Å². The minimum Gasteiger partial charge on any atom is -0.330 e. The molecule has 2 heterocycles. The topological polar surface area (TPSA) is 89.9 Å². The van der Waals surface area contributed by atoms with Crippen molar-refractivity contribution in [2.24, 2.45) is 5.73 Å². The van der Waals surface area contributed by atoms with Crippen LogP contribution in [0, 0.1) is 0 Å². The van der Waals surface area contributed by atoms with Crippen LogP contribution in [0.15, 0.2) is 30.6 Å². The van der Waals surface area contributed by atoms with Gasteiger partial charge in [-0.15, -0.1) is 5.10 Å². The summed E-state index contributed by atoms with van der Waals surface area (Å²) in [4.78, 5) is 14.2. The average molecular weight is 272 g/mol. The Bertz CT molecular complexity index is 597. The fourth-order valence-electron chi connectivity index (χ4n) is 2.66. The van der Waals surface area contributed by atoms with Crippen LogP contribution in [0.1, 0.15) is 17.9 Å². The predicted octanol–water partition coefficient (Wildman–Crippen LogP) is 0.152. The highest BCUT2D eigenvalue weighted by atomic mass is 16.2. The normalized spacial score (nSPS) is 17.2. The summed E-state index contributed by atoms with van der Waals surface area (Å²) in [7, 11) is 0. The number of hydrogen-bond acceptors (Lipinski definition) is 5. The maximum absolute atomic E-state index is 12.4. The highest BCUT2D eigenvalue weighted by Gasteiger charge is 2.31. The van der Waals surface area contributed by atoms with Gasteiger partial charge < -0.3 is 10.6 Å². The van der Waals surface area contributed by atoms with Gasteiger partial charge in [0.2, 0.25) is 5.91 Å². The van der Waals surface area contributed by atoms with Crippen LogP contribution in [0.4, 0.5) is 5.69 Å². The van der Waals surface area contributed by atoms with Crippen molar-refractivity contribution in [1.29, 1.82) is 0 Å². The van der Waals surface area contributed by atoms with E-state index in [2.05, 4.69) is 21.6 Å². The molecular formula is C13H16N6O. The lowest BCUT2D eigenvalue weighted by Crippen LogP contribution is -2.33. The number of benzene rings is 1. The van der Waals surface area contributed by atoms with Gasteiger partial charge >= 0.3 is 0 Å². The van der Waals surface area contributed by atoms with E-state index in [9.17, 15) is 4.79 Å². The van der Waals surface area contributed by atoms with E-state index in [0.29, 0.717) is 19.0 Å². The monoisotopic (exact) mass is 272 g/mol. The number of aromatic nitrogens is 4. The molecule has 0 aliphatic carbocycles. The Morgan fingerprint density at radius 3 is 3.00 bits per heavy atom. The van der Waals surface area contributed by atoms with Gasteiger partial charge in [-0.2, -0.15) is 0 Å². The van der Waals surface area contributed by atoms with E-state index < -0.39 is 0 Å². The van der Waals surface area contributed by atoms with E-state index in [1.807, 2.05) is 18.2 Å². The molecule has 7 nitrogen and oxygen atoms in total. The van der Waals surface area contributed by atoms with Gasteiger partial charge in [-0.25, -0.2) is 4.68 Å². The van der Waals surface area contributed by atoms with Crippen LogP contribution in [0.3, 0.4) is 0 Å². The number of nitrogens with two attached hydrogens (primary N) is 1. The Balaban J connectivity index is 1.82. The zero-order chi connectivity index (χ0) is 13.9. The highest BCUT2D eigenvalue weighted by molar-refractivity contribution is 5.95. The van der Waals surface area contributed by atoms with Crippen LogP contribution in [0.5, 0.6) is 0 Å². The summed E-state index contributed by atoms with van der Waals surface area (Å²) in [5.74, 6) is 0.304. The molecule has 1 aliphatic rings. The van der Waals surface area contributed by atoms with Gasteiger partial charge in [-0.1, -0.05) is 18.2 Å². The standard InChI is InChI=1S/C13H16N6O/c14-6-5-10-7-19(12-4-2-1-3-11(10)12)13(20)8-18-9-15-16-17-18/h1-4,9-10H,5-8,14H2. The number of carbonyl (C=O) groups excluding carboxylic acids is 1. The minimum absolute atomic E-state index is 0.00993. The van der Waals surface area contributed by atoms with Gasteiger partial charge in [-0.05, 0) is 35.0 Å². The first kappa shape index (κ1) is 12.7. The number of fused-ring (bicyclic) bond motifs is 1. The Morgan fingerprint density at radius 2 is 2.25 bits per heavy atom. The molecule has 0 bridgehead atoms. The molecule has 1 amide bonds. The SMILES string of the molecule is NCCC1CN(C(=O)Cn2cnnn2)c2ccccc21. The smallest absolute Gasteiger partial charge is 0.248 e. The summed E-state index contributed by atoms with van der Waals surface area (Å²) in [5, 5.41) is 10.8. The lowest BCUT2D eigenvalue weighted by atomic mass is 9.98. The second-order valence-electron chi connectivity index (χ2n) is 4.84. The lowest BCUT2D eigenvalue weighted by Gasteiger charge is -2.17. The largest absolute Gasteiger partial charge is 0.330 e. The van der Waals surface area contributed by atoms with Gasteiger partial charge in [0.05, 0.1) is 0 Å². The fraction of sp³-hybridized carbons (Fsp3) is 0.385. The molecule has 1 unspecified atom stereocenters. The lowest BCUT2D eigenvalue weighted by molar-refractivity contribution is -0.119. The quantitative estimate of drug-likeness (QED) is 0.855. The number of anilines is 1. The molecule has 0 spiro atoms. The molecule has 20 heavy (non-hydrogen) atoms. The van der Waals surface area contributed by atoms with Crippen molar-refractivity contribution >= 4 is 11.6 Å². The highest BCUT2D eigenvalue weighted by Crippen LogP contribution is 2.37. The minimum atomic E-state index is -0.00993. The van der Waals surface area contributed by atoms with E-state index in [1.165, 1.54) is 16.6 Å². The molecule has 0 fully saturated rings. The molecule has 7 heteroatoms. The molecule has 104 valence electrons. The van der Waals surface area contributed by atoms with Crippen molar-refractivity contribution in [3.8, 4) is 0 Å². The van der Waals surface area contributed by atoms with Gasteiger partial charge in [-0.3, -0.25) is 4.79 Å². The Morgan fingerprint density at radius 1 is 1.40 bits per heavy atom. The van der Waals surface area contributed by atoms with E-state index in [1.54, 1.807) is 4.90 Å². The molecule has 1 atom stereocenters. The van der Waals surface area contributed by atoms with Crippen molar-refractivity contribution in [2.75, 3.05) is 18.0 Å². The summed E-state index contributed by atoms with van der Waals surface area (Å²) >= 11 is 0. The third-order valence-electron chi connectivity index (χ3n) is 3.58. The first-order chi connectivity index (χ1) is 9.79. The Hall–Kier alpha value is -2.28. The number of amides is 1. The summed E-state index contributed by atoms with van der Waals surface area (Å²) in [6.07, 6.45) is 2.32. The average Bonchev–Trinajstić information content (AvgIpc) is 3.08. The summed E-state index contributed by atoms with van der Waals surface area (Å²) in [6, 6.07) is 7.99. The van der Waals surface area contributed by atoms with Gasteiger partial charge in [0, 0.05) is 18.2 Å². The molecule has 1 aliphatic heterocycles. The summed E-state index contributed by atoms with van der Waals surface area (Å²) in [5.41, 5.74) is 7.84. The second kappa shape index (κ2) is 5.38. The van der Waals surface area contributed by atoms with Crippen LogP contribution in [0.25, 0.3) is 0 Å². The molecule has 2 N–H and O–H groups in total. The fourth-order valence-corrected chi connectivity index (χ4v) is 2.66. The first-order valence-electron chi connectivity index (χ1n) is 6.59. The Labute approximate surface area is 116 Å². The van der Waals surface area contributed by atoms with Crippen molar-refractivity contribution in [2.45, 2.75) is 18.9 Å². The third kappa shape index (κ3) is 2.27. The molecule has 3 rings (SSSR count). The van der Waals surface area contributed by atoms with E-state index >= 15 is 0 Å². The third-order valence-corrected chi connectivity index (χ3v) is 3.58. The van der Waals surface area contributed by atoms with Crippen LogP contribution >= 0.6 is 0 Å². The molecule has 1 aromatic heterocycles. The van der Waals surface area contributed by atoms with E-state index in [0.717, 1.165) is 12.1 Å². The van der Waals surface area contributed by atoms with Crippen LogP contribution in [0.2, 0.25) is 0 Å². The summed E-state index contributed by atoms with van der Waals surface area (Å²) < 4.78 is 1.43. The van der Waals surface area contributed by atoms with Gasteiger partial charge in [0.1, 0.15) is 12.9 Å². The maximum atomic E-state index is 12.4. The van der Waals surface area contributed by atoms with Crippen molar-refractivity contribution in [3.05, 3.63) is 36.2 Å². The number of para-hydroxylation sites is 1. The van der Waals surface area contributed by atoms with Crippen molar-refractivity contribution < 1.29 is 4.79 Å². The van der Waals surface area contributed by atoms with Gasteiger partial charge in [0.25, 0.3) is 0 Å². The number of carbonyl (C=O) groups is 1. The Kier molecular flexibility index (Phi) is 3.42. The first-order valence-corrected chi connectivity index (χ1v) is 6.59. The second-order valence-corrected chi connectivity index (χ2v) is 4.84. The number of hydrogen-bond donors (Lipinski definition) is 1. The zero-order valence-corrected chi connectivity index (χ0v) is 11.0. The molecular weight excluding hydrogens is 256 g/mol. The molecule has 0 radical (unpaired) electrons. The summed E-state index contributed by atoms with van der Waals surface area (Å²) in [6.45, 7) is 1.45. The molecule has 2 aromatic rings. The van der Waals surface area contributed by atoms with Crippen molar-refractivity contribution in [3.63, 3.8) is 0 Å². The van der Waals surface area contributed by atoms with E-state index in [4.69, 9.17) is 5.73 Å². The van der Waals surface area contributed by atoms with Crippen LogP contribution in [-0.4, -0.2) is 39.2 Å². The molecule has 1 aromatic carbocycles. The number of tetrazole rings is 1. The van der Waals surface area contributed by atoms with Gasteiger partial charge in [0.15, 0.2) is 0 Å². The number of rotatable bonds is 4. The zero-order valence-electron chi connectivity index (χ0n) is 11.0. The van der Waals surface area contributed by atoms with E-state index in [-0.39, 0.29) is 12.5 Å². The number of nitrogens with zero attached hydrogens (tertiary/aromatic N) is 5.